The molecule has 1 atom stereocenters. The maximum Gasteiger partial charge on any atom is 0.132 e. The summed E-state index contributed by atoms with van der Waals surface area (Å²) in [6, 6.07) is 12.2. The highest BCUT2D eigenvalue weighted by Gasteiger charge is 2.21. The lowest BCUT2D eigenvalue weighted by molar-refractivity contribution is 0.396. The summed E-state index contributed by atoms with van der Waals surface area (Å²) in [6.07, 6.45) is 0. The summed E-state index contributed by atoms with van der Waals surface area (Å²) in [5.74, 6) is 0.984. The molecule has 0 saturated carbocycles. The van der Waals surface area contributed by atoms with Gasteiger partial charge in [-0.05, 0) is 36.4 Å². The van der Waals surface area contributed by atoms with Crippen molar-refractivity contribution in [2.24, 2.45) is 0 Å². The lowest BCUT2D eigenvalue weighted by Gasteiger charge is -2.22. The molecule has 0 amide bonds. The van der Waals surface area contributed by atoms with Gasteiger partial charge < -0.3 is 14.8 Å². The normalized spacial score (nSPS) is 12.0. The molecular weight excluding hydrogens is 269 g/mol. The van der Waals surface area contributed by atoms with E-state index in [-0.39, 0.29) is 11.9 Å². The lowest BCUT2D eigenvalue weighted by atomic mass is 9.97. The largest absolute Gasteiger partial charge is 0.497 e. The third-order valence-electron chi connectivity index (χ3n) is 3.36. The van der Waals surface area contributed by atoms with Gasteiger partial charge in [-0.15, -0.1) is 0 Å². The Hall–Kier alpha value is -2.07. The molecule has 0 fully saturated rings. The van der Waals surface area contributed by atoms with Crippen LogP contribution in [0.25, 0.3) is 0 Å². The molecule has 2 aromatic carbocycles. The molecule has 0 aliphatic carbocycles. The first kappa shape index (κ1) is 15.3. The van der Waals surface area contributed by atoms with Crippen molar-refractivity contribution in [3.8, 4) is 11.5 Å². The van der Waals surface area contributed by atoms with E-state index in [1.165, 1.54) is 6.07 Å². The first-order valence-corrected chi connectivity index (χ1v) is 6.91. The van der Waals surface area contributed by atoms with Gasteiger partial charge in [-0.2, -0.15) is 0 Å². The number of halogens is 1. The third kappa shape index (κ3) is 3.34. The van der Waals surface area contributed by atoms with E-state index in [1.54, 1.807) is 26.4 Å². The van der Waals surface area contributed by atoms with Crippen molar-refractivity contribution in [3.05, 3.63) is 59.4 Å². The van der Waals surface area contributed by atoms with Gasteiger partial charge in [-0.1, -0.05) is 25.1 Å². The van der Waals surface area contributed by atoms with Crippen LogP contribution in [0.3, 0.4) is 0 Å². The fourth-order valence-electron chi connectivity index (χ4n) is 2.39. The zero-order chi connectivity index (χ0) is 15.2. The molecule has 0 radical (unpaired) electrons. The molecule has 2 aromatic rings. The predicted molar refractivity (Wildman–Crippen MR) is 81.5 cm³/mol. The second kappa shape index (κ2) is 7.09. The quantitative estimate of drug-likeness (QED) is 0.882. The topological polar surface area (TPSA) is 30.5 Å². The van der Waals surface area contributed by atoms with Gasteiger partial charge in [0.15, 0.2) is 0 Å². The summed E-state index contributed by atoms with van der Waals surface area (Å²) >= 11 is 0. The Labute approximate surface area is 124 Å². The minimum absolute atomic E-state index is 0.289. The van der Waals surface area contributed by atoms with Gasteiger partial charge in [0, 0.05) is 0 Å². The van der Waals surface area contributed by atoms with Crippen LogP contribution in [-0.4, -0.2) is 20.8 Å². The summed E-state index contributed by atoms with van der Waals surface area (Å²) in [6.45, 7) is 2.69. The van der Waals surface area contributed by atoms with E-state index in [0.717, 1.165) is 11.3 Å². The first-order chi connectivity index (χ1) is 10.2. The van der Waals surface area contributed by atoms with Gasteiger partial charge in [0.2, 0.25) is 0 Å². The predicted octanol–water partition coefficient (Wildman–Crippen LogP) is 3.54. The molecule has 0 heterocycles. The van der Waals surface area contributed by atoms with Crippen LogP contribution in [0.15, 0.2) is 42.5 Å². The molecule has 0 bridgehead atoms. The number of hydrogen-bond donors (Lipinski definition) is 1. The molecule has 0 saturated heterocycles. The number of rotatable bonds is 6. The molecule has 1 unspecified atom stereocenters. The average molecular weight is 289 g/mol. The average Bonchev–Trinajstić information content (AvgIpc) is 2.53. The number of hydrogen-bond acceptors (Lipinski definition) is 3. The number of nitrogens with one attached hydrogen (secondary N) is 1. The van der Waals surface area contributed by atoms with Crippen LogP contribution in [0.5, 0.6) is 11.5 Å². The molecule has 21 heavy (non-hydrogen) atoms. The minimum Gasteiger partial charge on any atom is -0.497 e. The summed E-state index contributed by atoms with van der Waals surface area (Å²) in [5.41, 5.74) is 1.44. The summed E-state index contributed by atoms with van der Waals surface area (Å²) < 4.78 is 24.9. The van der Waals surface area contributed by atoms with Crippen molar-refractivity contribution >= 4 is 0 Å². The van der Waals surface area contributed by atoms with Gasteiger partial charge in [0.1, 0.15) is 17.3 Å². The van der Waals surface area contributed by atoms with E-state index in [9.17, 15) is 4.39 Å². The van der Waals surface area contributed by atoms with E-state index in [2.05, 4.69) is 5.32 Å². The Kier molecular flexibility index (Phi) is 5.17. The van der Waals surface area contributed by atoms with Crippen molar-refractivity contribution in [2.45, 2.75) is 13.0 Å². The second-order valence-electron chi connectivity index (χ2n) is 4.62. The van der Waals surface area contributed by atoms with Crippen LogP contribution in [0, 0.1) is 5.82 Å². The van der Waals surface area contributed by atoms with Gasteiger partial charge in [-0.3, -0.25) is 0 Å². The van der Waals surface area contributed by atoms with Crippen LogP contribution in [0.4, 0.5) is 4.39 Å². The fraction of sp³-hybridized carbons (Fsp3) is 0.294. The number of ether oxygens (including phenoxy) is 2. The molecule has 1 N–H and O–H groups in total. The summed E-state index contributed by atoms with van der Waals surface area (Å²) in [4.78, 5) is 0. The van der Waals surface area contributed by atoms with Crippen LogP contribution in [0.1, 0.15) is 24.1 Å². The molecule has 0 spiro atoms. The van der Waals surface area contributed by atoms with Crippen molar-refractivity contribution in [1.29, 1.82) is 0 Å². The second-order valence-corrected chi connectivity index (χ2v) is 4.62. The Bertz CT molecular complexity index is 601. The fourth-order valence-corrected chi connectivity index (χ4v) is 2.39. The zero-order valence-corrected chi connectivity index (χ0v) is 12.5. The van der Waals surface area contributed by atoms with E-state index in [4.69, 9.17) is 9.47 Å². The molecule has 4 heteroatoms. The Morgan fingerprint density at radius 2 is 1.86 bits per heavy atom. The smallest absolute Gasteiger partial charge is 0.132 e. The molecule has 2 rings (SSSR count). The van der Waals surface area contributed by atoms with Gasteiger partial charge in [0.25, 0.3) is 0 Å². The van der Waals surface area contributed by atoms with E-state index >= 15 is 0 Å². The van der Waals surface area contributed by atoms with E-state index in [1.807, 2.05) is 31.2 Å². The van der Waals surface area contributed by atoms with Crippen LogP contribution in [0.2, 0.25) is 0 Å². The van der Waals surface area contributed by atoms with Gasteiger partial charge >= 0.3 is 0 Å². The highest BCUT2D eigenvalue weighted by atomic mass is 19.1. The molecule has 0 aromatic heterocycles. The Morgan fingerprint density at radius 1 is 1.10 bits per heavy atom. The third-order valence-corrected chi connectivity index (χ3v) is 3.36. The van der Waals surface area contributed by atoms with Crippen molar-refractivity contribution in [2.75, 3.05) is 20.8 Å². The lowest BCUT2D eigenvalue weighted by Crippen LogP contribution is -2.23. The molecule has 0 aliphatic heterocycles. The van der Waals surface area contributed by atoms with Gasteiger partial charge in [0.05, 0.1) is 25.8 Å². The number of methoxy groups -OCH3 is 2. The van der Waals surface area contributed by atoms with Gasteiger partial charge in [-0.25, -0.2) is 4.39 Å². The van der Waals surface area contributed by atoms with Crippen molar-refractivity contribution in [1.82, 2.24) is 5.32 Å². The minimum atomic E-state index is -0.291. The maximum atomic E-state index is 14.3. The number of benzene rings is 2. The highest BCUT2D eigenvalue weighted by Crippen LogP contribution is 2.33. The van der Waals surface area contributed by atoms with E-state index in [0.29, 0.717) is 17.9 Å². The van der Waals surface area contributed by atoms with Crippen LogP contribution >= 0.6 is 0 Å². The van der Waals surface area contributed by atoms with E-state index < -0.39 is 0 Å². The summed E-state index contributed by atoms with van der Waals surface area (Å²) in [7, 11) is 3.16. The Morgan fingerprint density at radius 3 is 2.52 bits per heavy atom. The standard InChI is InChI=1S/C17H20FNO2/c1-4-19-17(12-7-5-8-13(11-12)20-2)16-14(18)9-6-10-15(16)21-3/h5-11,17,19H,4H2,1-3H3. The maximum absolute atomic E-state index is 14.3. The molecule has 0 aliphatic rings. The first-order valence-electron chi connectivity index (χ1n) is 6.91. The Balaban J connectivity index is 2.53. The SMILES string of the molecule is CCNC(c1cccc(OC)c1)c1c(F)cccc1OC. The van der Waals surface area contributed by atoms with Crippen LogP contribution in [-0.2, 0) is 0 Å². The molecule has 3 nitrogen and oxygen atoms in total. The van der Waals surface area contributed by atoms with Crippen molar-refractivity contribution < 1.29 is 13.9 Å². The summed E-state index contributed by atoms with van der Waals surface area (Å²) in [5, 5.41) is 3.31. The monoisotopic (exact) mass is 289 g/mol. The van der Waals surface area contributed by atoms with Crippen LogP contribution < -0.4 is 14.8 Å². The molecular formula is C17H20FNO2. The van der Waals surface area contributed by atoms with Crippen molar-refractivity contribution in [3.63, 3.8) is 0 Å². The zero-order valence-electron chi connectivity index (χ0n) is 12.5. The highest BCUT2D eigenvalue weighted by molar-refractivity contribution is 5.44. The molecule has 112 valence electrons.